The van der Waals surface area contributed by atoms with Crippen LogP contribution in [0.1, 0.15) is 25.7 Å². The van der Waals surface area contributed by atoms with Crippen LogP contribution in [0.4, 0.5) is 13.2 Å². The van der Waals surface area contributed by atoms with E-state index in [0.29, 0.717) is 19.4 Å². The van der Waals surface area contributed by atoms with Gasteiger partial charge in [-0.25, -0.2) is 0 Å². The fourth-order valence-corrected chi connectivity index (χ4v) is 3.93. The van der Waals surface area contributed by atoms with Crippen molar-refractivity contribution in [2.45, 2.75) is 43.6 Å². The molecule has 2 aliphatic rings. The highest BCUT2D eigenvalue weighted by Gasteiger charge is 2.48. The average Bonchev–Trinajstić information content (AvgIpc) is 2.28. The molecule has 2 heterocycles. The number of aliphatic hydroxyl groups excluding tert-OH is 1. The highest BCUT2D eigenvalue weighted by molar-refractivity contribution is 7.99. The molecule has 2 atom stereocenters. The van der Waals surface area contributed by atoms with E-state index in [1.165, 1.54) is 0 Å². The Morgan fingerprint density at radius 3 is 2.53 bits per heavy atom. The first-order chi connectivity index (χ1) is 7.93. The van der Waals surface area contributed by atoms with Crippen molar-refractivity contribution in [3.05, 3.63) is 0 Å². The predicted molar refractivity (Wildman–Crippen MR) is 60.0 cm³/mol. The molecular weight excluding hydrogens is 253 g/mol. The van der Waals surface area contributed by atoms with E-state index in [2.05, 4.69) is 0 Å². The zero-order valence-electron chi connectivity index (χ0n) is 9.50. The normalized spacial score (nSPS) is 31.4. The molecule has 0 aromatic rings. The van der Waals surface area contributed by atoms with E-state index >= 15 is 0 Å². The summed E-state index contributed by atoms with van der Waals surface area (Å²) >= 11 is 1.81. The molecule has 1 N–H and O–H groups in total. The van der Waals surface area contributed by atoms with Crippen molar-refractivity contribution in [1.29, 1.82) is 0 Å². The summed E-state index contributed by atoms with van der Waals surface area (Å²) in [5.74, 6) is 1.18. The van der Waals surface area contributed by atoms with Crippen molar-refractivity contribution in [3.8, 4) is 0 Å². The summed E-state index contributed by atoms with van der Waals surface area (Å²) in [5.41, 5.74) is -0.402. The maximum atomic E-state index is 12.5. The Labute approximate surface area is 103 Å². The molecule has 100 valence electrons. The number of hydrogen-bond donors (Lipinski definition) is 1. The molecular formula is C11H17F3O2S. The van der Waals surface area contributed by atoms with Gasteiger partial charge in [-0.1, -0.05) is 0 Å². The zero-order valence-corrected chi connectivity index (χ0v) is 10.3. The van der Waals surface area contributed by atoms with Gasteiger partial charge in [0.1, 0.15) is 0 Å². The topological polar surface area (TPSA) is 29.5 Å². The lowest BCUT2D eigenvalue weighted by Crippen LogP contribution is -2.48. The van der Waals surface area contributed by atoms with Gasteiger partial charge < -0.3 is 9.84 Å². The van der Waals surface area contributed by atoms with Crippen molar-refractivity contribution in [2.24, 2.45) is 5.92 Å². The highest BCUT2D eigenvalue weighted by Crippen LogP contribution is 2.42. The lowest BCUT2D eigenvalue weighted by Gasteiger charge is -2.44. The monoisotopic (exact) mass is 270 g/mol. The number of thioether (sulfide) groups is 1. The maximum Gasteiger partial charge on any atom is 0.414 e. The Balaban J connectivity index is 2.01. The third-order valence-electron chi connectivity index (χ3n) is 3.72. The van der Waals surface area contributed by atoms with Gasteiger partial charge in [-0.05, 0) is 43.1 Å². The van der Waals surface area contributed by atoms with Crippen LogP contribution in [-0.2, 0) is 4.74 Å². The van der Waals surface area contributed by atoms with Gasteiger partial charge in [0.25, 0.3) is 0 Å². The van der Waals surface area contributed by atoms with Crippen molar-refractivity contribution in [3.63, 3.8) is 0 Å². The van der Waals surface area contributed by atoms with Crippen molar-refractivity contribution in [1.82, 2.24) is 0 Å². The van der Waals surface area contributed by atoms with Crippen molar-refractivity contribution in [2.75, 3.05) is 18.1 Å². The van der Waals surface area contributed by atoms with Gasteiger partial charge in [-0.3, -0.25) is 0 Å². The van der Waals surface area contributed by atoms with E-state index in [0.717, 1.165) is 24.3 Å². The van der Waals surface area contributed by atoms with Gasteiger partial charge in [0.05, 0.1) is 5.60 Å². The summed E-state index contributed by atoms with van der Waals surface area (Å²) in [6.45, 7) is 0.336. The van der Waals surface area contributed by atoms with Gasteiger partial charge in [-0.15, -0.1) is 0 Å². The third kappa shape index (κ3) is 3.09. The molecule has 17 heavy (non-hydrogen) atoms. The zero-order chi connectivity index (χ0) is 12.5. The molecule has 2 rings (SSSR count). The quantitative estimate of drug-likeness (QED) is 0.794. The van der Waals surface area contributed by atoms with E-state index < -0.39 is 23.8 Å². The van der Waals surface area contributed by atoms with Gasteiger partial charge in [0.2, 0.25) is 0 Å². The maximum absolute atomic E-state index is 12.5. The molecule has 2 fully saturated rings. The van der Waals surface area contributed by atoms with Crippen LogP contribution < -0.4 is 0 Å². The van der Waals surface area contributed by atoms with E-state index in [1.807, 2.05) is 11.8 Å². The molecule has 0 bridgehead atoms. The number of halogens is 3. The van der Waals surface area contributed by atoms with Crippen LogP contribution in [0.2, 0.25) is 0 Å². The van der Waals surface area contributed by atoms with Crippen LogP contribution in [-0.4, -0.2) is 41.1 Å². The highest BCUT2D eigenvalue weighted by atomic mass is 32.2. The summed E-state index contributed by atoms with van der Waals surface area (Å²) in [6.07, 6.45) is -4.45. The van der Waals surface area contributed by atoms with Gasteiger partial charge in [-0.2, -0.15) is 24.9 Å². The van der Waals surface area contributed by atoms with Crippen molar-refractivity contribution < 1.29 is 23.0 Å². The molecule has 2 aliphatic heterocycles. The summed E-state index contributed by atoms with van der Waals surface area (Å²) < 4.78 is 43.2. The second kappa shape index (κ2) is 4.97. The summed E-state index contributed by atoms with van der Waals surface area (Å²) in [6, 6.07) is 0. The van der Waals surface area contributed by atoms with Crippen LogP contribution in [0.25, 0.3) is 0 Å². The Bertz CT molecular complexity index is 258. The summed E-state index contributed by atoms with van der Waals surface area (Å²) in [7, 11) is 0. The Kier molecular flexibility index (Phi) is 3.95. The first-order valence-electron chi connectivity index (χ1n) is 5.89. The lowest BCUT2D eigenvalue weighted by atomic mass is 9.79. The smallest absolute Gasteiger partial charge is 0.383 e. The SMILES string of the molecule is OC(C1CCOC2(CCSCC2)C1)C(F)(F)F. The number of alkyl halides is 3. The fraction of sp³-hybridized carbons (Fsp3) is 1.00. The van der Waals surface area contributed by atoms with E-state index in [9.17, 15) is 18.3 Å². The molecule has 0 aromatic heterocycles. The minimum Gasteiger partial charge on any atom is -0.383 e. The molecule has 0 saturated carbocycles. The van der Waals surface area contributed by atoms with Crippen LogP contribution >= 0.6 is 11.8 Å². The van der Waals surface area contributed by atoms with Gasteiger partial charge in [0.15, 0.2) is 6.10 Å². The van der Waals surface area contributed by atoms with Gasteiger partial charge in [0, 0.05) is 6.61 Å². The van der Waals surface area contributed by atoms with Crippen LogP contribution in [0.5, 0.6) is 0 Å². The second-order valence-electron chi connectivity index (χ2n) is 4.88. The summed E-state index contributed by atoms with van der Waals surface area (Å²) in [4.78, 5) is 0. The molecule has 1 spiro atoms. The van der Waals surface area contributed by atoms with Crippen LogP contribution in [0, 0.1) is 5.92 Å². The predicted octanol–water partition coefficient (Wildman–Crippen LogP) is 2.60. The molecule has 2 unspecified atom stereocenters. The molecule has 0 amide bonds. The largest absolute Gasteiger partial charge is 0.414 e. The molecule has 6 heteroatoms. The van der Waals surface area contributed by atoms with E-state index in [1.54, 1.807) is 0 Å². The molecule has 0 radical (unpaired) electrons. The Hall–Kier alpha value is 0.0600. The minimum absolute atomic E-state index is 0.301. The molecule has 0 aliphatic carbocycles. The Morgan fingerprint density at radius 2 is 1.94 bits per heavy atom. The molecule has 2 saturated heterocycles. The number of rotatable bonds is 1. The minimum atomic E-state index is -4.51. The van der Waals surface area contributed by atoms with Crippen molar-refractivity contribution >= 4 is 11.8 Å². The fourth-order valence-electron chi connectivity index (χ4n) is 2.69. The first kappa shape index (κ1) is 13.5. The number of hydrogen-bond acceptors (Lipinski definition) is 3. The summed E-state index contributed by atoms with van der Waals surface area (Å²) in [5, 5.41) is 9.34. The number of aliphatic hydroxyl groups is 1. The third-order valence-corrected chi connectivity index (χ3v) is 4.70. The molecule has 0 aromatic carbocycles. The van der Waals surface area contributed by atoms with Gasteiger partial charge >= 0.3 is 6.18 Å². The van der Waals surface area contributed by atoms with Crippen LogP contribution in [0.3, 0.4) is 0 Å². The average molecular weight is 270 g/mol. The second-order valence-corrected chi connectivity index (χ2v) is 6.11. The van der Waals surface area contributed by atoms with E-state index in [4.69, 9.17) is 4.74 Å². The first-order valence-corrected chi connectivity index (χ1v) is 7.05. The standard InChI is InChI=1S/C11H17F3O2S/c12-11(13,14)9(15)8-1-4-16-10(7-8)2-5-17-6-3-10/h8-9,15H,1-7H2. The lowest BCUT2D eigenvalue weighted by molar-refractivity contribution is -0.236. The van der Waals surface area contributed by atoms with E-state index in [-0.39, 0.29) is 0 Å². The molecule has 2 nitrogen and oxygen atoms in total. The van der Waals surface area contributed by atoms with Crippen LogP contribution in [0.15, 0.2) is 0 Å². The Morgan fingerprint density at radius 1 is 1.29 bits per heavy atom. The number of ether oxygens (including phenoxy) is 1.